The van der Waals surface area contributed by atoms with E-state index < -0.39 is 0 Å². The third kappa shape index (κ3) is 5.85. The summed E-state index contributed by atoms with van der Waals surface area (Å²) in [6.07, 6.45) is 0.861. The lowest BCUT2D eigenvalue weighted by atomic mass is 10.0. The largest absolute Gasteiger partial charge is 0.354 e. The highest BCUT2D eigenvalue weighted by molar-refractivity contribution is 6.42. The Bertz CT molecular complexity index is 477. The molecule has 2 N–H and O–H groups in total. The van der Waals surface area contributed by atoms with Crippen LogP contribution in [0.2, 0.25) is 10.0 Å². The van der Waals surface area contributed by atoms with Crippen LogP contribution in [0, 0.1) is 5.92 Å². The Balaban J connectivity index is 2.68. The lowest BCUT2D eigenvalue weighted by molar-refractivity contribution is -0.123. The van der Waals surface area contributed by atoms with Gasteiger partial charge < -0.3 is 5.32 Å². The maximum absolute atomic E-state index is 12.0. The van der Waals surface area contributed by atoms with Crippen LogP contribution >= 0.6 is 23.2 Å². The number of rotatable bonds is 7. The molecule has 0 spiro atoms. The van der Waals surface area contributed by atoms with Crippen LogP contribution < -0.4 is 10.6 Å². The van der Waals surface area contributed by atoms with Gasteiger partial charge in [0, 0.05) is 12.6 Å². The van der Waals surface area contributed by atoms with Crippen molar-refractivity contribution in [3.63, 3.8) is 0 Å². The molecule has 1 rings (SSSR count). The molecule has 0 saturated carbocycles. The van der Waals surface area contributed by atoms with Crippen molar-refractivity contribution >= 4 is 29.1 Å². The van der Waals surface area contributed by atoms with Crippen molar-refractivity contribution in [2.45, 2.75) is 46.2 Å². The van der Waals surface area contributed by atoms with Gasteiger partial charge in [-0.15, -0.1) is 0 Å². The number of benzene rings is 1. The van der Waals surface area contributed by atoms with Gasteiger partial charge in [-0.05, 0) is 37.0 Å². The maximum Gasteiger partial charge on any atom is 0.236 e. The van der Waals surface area contributed by atoms with Crippen molar-refractivity contribution in [3.05, 3.63) is 33.8 Å². The molecule has 0 aliphatic rings. The van der Waals surface area contributed by atoms with Gasteiger partial charge in [0.05, 0.1) is 16.1 Å². The number of nitrogens with one attached hydrogen (secondary N) is 2. The molecule has 0 aromatic heterocycles. The van der Waals surface area contributed by atoms with Crippen LogP contribution in [0.4, 0.5) is 0 Å². The molecule has 0 fully saturated rings. The Kier molecular flexibility index (Phi) is 7.50. The molecule has 3 nitrogen and oxygen atoms in total. The van der Waals surface area contributed by atoms with Crippen molar-refractivity contribution in [2.75, 3.05) is 6.54 Å². The predicted octanol–water partition coefficient (Wildman–Crippen LogP) is 4.19. The van der Waals surface area contributed by atoms with Gasteiger partial charge in [0.15, 0.2) is 0 Å². The smallest absolute Gasteiger partial charge is 0.236 e. The van der Waals surface area contributed by atoms with Gasteiger partial charge in [-0.3, -0.25) is 10.1 Å². The second kappa shape index (κ2) is 8.62. The van der Waals surface area contributed by atoms with Crippen LogP contribution in [0.1, 0.15) is 45.7 Å². The summed E-state index contributed by atoms with van der Waals surface area (Å²) in [5, 5.41) is 7.35. The average Bonchev–Trinajstić information content (AvgIpc) is 2.44. The SMILES string of the molecule is CCC(NC(C)C(=O)NCC(C)C)c1ccc(Cl)c(Cl)c1. The van der Waals surface area contributed by atoms with Crippen molar-refractivity contribution < 1.29 is 4.79 Å². The summed E-state index contributed by atoms with van der Waals surface area (Å²) in [5.74, 6) is 0.459. The monoisotopic (exact) mass is 330 g/mol. The van der Waals surface area contributed by atoms with E-state index in [0.29, 0.717) is 22.5 Å². The fraction of sp³-hybridized carbons (Fsp3) is 0.562. The van der Waals surface area contributed by atoms with Crippen LogP contribution in [-0.2, 0) is 4.79 Å². The number of carbonyl (C=O) groups is 1. The molecule has 1 amide bonds. The van der Waals surface area contributed by atoms with Gasteiger partial charge in [0.25, 0.3) is 0 Å². The van der Waals surface area contributed by atoms with E-state index in [1.807, 2.05) is 19.1 Å². The molecule has 0 radical (unpaired) electrons. The van der Waals surface area contributed by atoms with Gasteiger partial charge >= 0.3 is 0 Å². The Morgan fingerprint density at radius 3 is 2.38 bits per heavy atom. The van der Waals surface area contributed by atoms with Gasteiger partial charge in [-0.2, -0.15) is 0 Å². The molecule has 2 unspecified atom stereocenters. The zero-order valence-electron chi connectivity index (χ0n) is 13.0. The van der Waals surface area contributed by atoms with Crippen molar-refractivity contribution in [1.82, 2.24) is 10.6 Å². The molecule has 1 aromatic rings. The highest BCUT2D eigenvalue weighted by atomic mass is 35.5. The molecule has 0 saturated heterocycles. The van der Waals surface area contributed by atoms with E-state index in [9.17, 15) is 4.79 Å². The molecule has 0 aliphatic carbocycles. The quantitative estimate of drug-likeness (QED) is 0.786. The molecule has 0 aliphatic heterocycles. The first-order valence-corrected chi connectivity index (χ1v) is 8.09. The minimum atomic E-state index is -0.261. The Hall–Kier alpha value is -0.770. The number of halogens is 2. The standard InChI is InChI=1S/C16H24Cl2N2O/c1-5-15(12-6-7-13(17)14(18)8-12)20-11(4)16(21)19-9-10(2)3/h6-8,10-11,15,20H,5,9H2,1-4H3,(H,19,21). The fourth-order valence-corrected chi connectivity index (χ4v) is 2.32. The summed E-state index contributed by atoms with van der Waals surface area (Å²) in [5.41, 5.74) is 1.04. The highest BCUT2D eigenvalue weighted by Gasteiger charge is 2.18. The first-order valence-electron chi connectivity index (χ1n) is 7.33. The number of hydrogen-bond acceptors (Lipinski definition) is 2. The molecule has 21 heavy (non-hydrogen) atoms. The third-order valence-electron chi connectivity index (χ3n) is 3.28. The van der Waals surface area contributed by atoms with Gasteiger partial charge in [-0.25, -0.2) is 0 Å². The van der Waals surface area contributed by atoms with Crippen molar-refractivity contribution in [3.8, 4) is 0 Å². The molecular formula is C16H24Cl2N2O. The molecular weight excluding hydrogens is 307 g/mol. The number of carbonyl (C=O) groups excluding carboxylic acids is 1. The van der Waals surface area contributed by atoms with Crippen LogP contribution in [0.15, 0.2) is 18.2 Å². The van der Waals surface area contributed by atoms with Gasteiger partial charge in [0.1, 0.15) is 0 Å². The van der Waals surface area contributed by atoms with E-state index >= 15 is 0 Å². The third-order valence-corrected chi connectivity index (χ3v) is 4.02. The molecule has 0 bridgehead atoms. The second-order valence-electron chi connectivity index (χ2n) is 5.66. The molecule has 0 heterocycles. The van der Waals surface area contributed by atoms with Crippen molar-refractivity contribution in [1.29, 1.82) is 0 Å². The van der Waals surface area contributed by atoms with E-state index in [1.54, 1.807) is 6.07 Å². The van der Waals surface area contributed by atoms with Crippen LogP contribution in [0.5, 0.6) is 0 Å². The van der Waals surface area contributed by atoms with Crippen LogP contribution in [0.25, 0.3) is 0 Å². The average molecular weight is 331 g/mol. The minimum Gasteiger partial charge on any atom is -0.354 e. The zero-order chi connectivity index (χ0) is 16.0. The van der Waals surface area contributed by atoms with Crippen LogP contribution in [-0.4, -0.2) is 18.5 Å². The highest BCUT2D eigenvalue weighted by Crippen LogP contribution is 2.27. The van der Waals surface area contributed by atoms with Gasteiger partial charge in [0.2, 0.25) is 5.91 Å². The lowest BCUT2D eigenvalue weighted by Gasteiger charge is -2.23. The van der Waals surface area contributed by atoms with Crippen LogP contribution in [0.3, 0.4) is 0 Å². The predicted molar refractivity (Wildman–Crippen MR) is 89.9 cm³/mol. The summed E-state index contributed by atoms with van der Waals surface area (Å²) in [4.78, 5) is 12.0. The first kappa shape index (κ1) is 18.3. The molecule has 1 aromatic carbocycles. The van der Waals surface area contributed by atoms with E-state index in [0.717, 1.165) is 12.0 Å². The van der Waals surface area contributed by atoms with Gasteiger partial charge in [-0.1, -0.05) is 50.0 Å². The number of hydrogen-bond donors (Lipinski definition) is 2. The minimum absolute atomic E-state index is 0.0159. The number of amides is 1. The summed E-state index contributed by atoms with van der Waals surface area (Å²) in [6.45, 7) is 8.77. The van der Waals surface area contributed by atoms with E-state index in [-0.39, 0.29) is 18.0 Å². The van der Waals surface area contributed by atoms with E-state index in [2.05, 4.69) is 31.4 Å². The Labute approximate surface area is 137 Å². The fourth-order valence-electron chi connectivity index (χ4n) is 2.01. The van der Waals surface area contributed by atoms with E-state index in [1.165, 1.54) is 0 Å². The summed E-state index contributed by atoms with van der Waals surface area (Å²) < 4.78 is 0. The summed E-state index contributed by atoms with van der Waals surface area (Å²) in [7, 11) is 0. The topological polar surface area (TPSA) is 41.1 Å². The zero-order valence-corrected chi connectivity index (χ0v) is 14.6. The molecule has 2 atom stereocenters. The summed E-state index contributed by atoms with van der Waals surface area (Å²) in [6, 6.07) is 5.38. The first-order chi connectivity index (χ1) is 9.85. The molecule has 118 valence electrons. The lowest BCUT2D eigenvalue weighted by Crippen LogP contribution is -2.44. The molecule has 5 heteroatoms. The maximum atomic E-state index is 12.0. The van der Waals surface area contributed by atoms with Crippen molar-refractivity contribution in [2.24, 2.45) is 5.92 Å². The normalized spacial score (nSPS) is 14.0. The second-order valence-corrected chi connectivity index (χ2v) is 6.48. The van der Waals surface area contributed by atoms with E-state index in [4.69, 9.17) is 23.2 Å². The Morgan fingerprint density at radius 2 is 1.86 bits per heavy atom. The Morgan fingerprint density at radius 1 is 1.19 bits per heavy atom. The summed E-state index contributed by atoms with van der Waals surface area (Å²) >= 11 is 12.0.